The third kappa shape index (κ3) is 3.93. The SMILES string of the molecule is C[S@@](=O)c1ccccc1COC(=O)Nc1ccccc1. The normalized spacial score (nSPS) is 11.7. The molecule has 0 aliphatic heterocycles. The van der Waals surface area contributed by atoms with Crippen molar-refractivity contribution in [2.24, 2.45) is 0 Å². The summed E-state index contributed by atoms with van der Waals surface area (Å²) in [6.45, 7) is 0.0917. The van der Waals surface area contributed by atoms with Gasteiger partial charge in [-0.2, -0.15) is 0 Å². The zero-order chi connectivity index (χ0) is 14.4. The largest absolute Gasteiger partial charge is 0.444 e. The van der Waals surface area contributed by atoms with E-state index in [4.69, 9.17) is 4.74 Å². The minimum Gasteiger partial charge on any atom is -0.444 e. The van der Waals surface area contributed by atoms with Gasteiger partial charge in [-0.1, -0.05) is 36.4 Å². The van der Waals surface area contributed by atoms with Crippen molar-refractivity contribution >= 4 is 22.6 Å². The van der Waals surface area contributed by atoms with Crippen LogP contribution in [-0.2, 0) is 22.1 Å². The summed E-state index contributed by atoms with van der Waals surface area (Å²) in [6.07, 6.45) is 1.07. The Morgan fingerprint density at radius 2 is 1.75 bits per heavy atom. The Labute approximate surface area is 120 Å². The highest BCUT2D eigenvalue weighted by molar-refractivity contribution is 7.84. The number of carbonyl (C=O) groups excluding carboxylic acids is 1. The van der Waals surface area contributed by atoms with Gasteiger partial charge in [0, 0.05) is 22.4 Å². The number of carbonyl (C=O) groups is 1. The van der Waals surface area contributed by atoms with Crippen LogP contribution in [0.5, 0.6) is 0 Å². The van der Waals surface area contributed by atoms with Crippen molar-refractivity contribution in [3.8, 4) is 0 Å². The van der Waals surface area contributed by atoms with Crippen molar-refractivity contribution in [2.75, 3.05) is 11.6 Å². The van der Waals surface area contributed by atoms with Gasteiger partial charge in [0.25, 0.3) is 0 Å². The summed E-state index contributed by atoms with van der Waals surface area (Å²) < 4.78 is 16.7. The molecule has 0 fully saturated rings. The standard InChI is InChI=1S/C15H15NO3S/c1-20(18)14-10-6-5-7-12(14)11-19-15(17)16-13-8-3-2-4-9-13/h2-10H,11H2,1H3,(H,16,17)/t20-/m1/s1. The minimum absolute atomic E-state index is 0.0917. The van der Waals surface area contributed by atoms with Gasteiger partial charge in [-0.15, -0.1) is 0 Å². The molecule has 0 heterocycles. The first-order valence-electron chi connectivity index (χ1n) is 6.07. The highest BCUT2D eigenvalue weighted by atomic mass is 32.2. The van der Waals surface area contributed by atoms with Crippen molar-refractivity contribution in [3.63, 3.8) is 0 Å². The van der Waals surface area contributed by atoms with E-state index in [1.165, 1.54) is 0 Å². The first-order valence-corrected chi connectivity index (χ1v) is 7.63. The van der Waals surface area contributed by atoms with Gasteiger partial charge in [-0.05, 0) is 18.2 Å². The predicted octanol–water partition coefficient (Wildman–Crippen LogP) is 3.17. The second-order valence-corrected chi connectivity index (χ2v) is 5.48. The lowest BCUT2D eigenvalue weighted by Gasteiger charge is -2.09. The summed E-state index contributed by atoms with van der Waals surface area (Å²) in [5, 5.41) is 2.62. The molecule has 5 heteroatoms. The van der Waals surface area contributed by atoms with Crippen LogP contribution in [0.4, 0.5) is 10.5 Å². The van der Waals surface area contributed by atoms with Crippen LogP contribution in [0.2, 0.25) is 0 Å². The summed E-state index contributed by atoms with van der Waals surface area (Å²) in [7, 11) is -1.10. The van der Waals surface area contributed by atoms with Crippen LogP contribution in [0.1, 0.15) is 5.56 Å². The average Bonchev–Trinajstić information content (AvgIpc) is 2.46. The second kappa shape index (κ2) is 6.86. The molecular weight excluding hydrogens is 274 g/mol. The van der Waals surface area contributed by atoms with E-state index in [0.29, 0.717) is 10.6 Å². The molecule has 104 valence electrons. The molecule has 1 atom stereocenters. The van der Waals surface area contributed by atoms with Crippen LogP contribution in [0, 0.1) is 0 Å². The van der Waals surface area contributed by atoms with Crippen molar-refractivity contribution in [1.82, 2.24) is 0 Å². The molecule has 0 bridgehead atoms. The fourth-order valence-electron chi connectivity index (χ4n) is 1.72. The molecule has 0 aliphatic rings. The molecular formula is C15H15NO3S. The molecule has 1 N–H and O–H groups in total. The molecule has 0 aromatic heterocycles. The summed E-state index contributed by atoms with van der Waals surface area (Å²) in [6, 6.07) is 16.3. The molecule has 0 spiro atoms. The Kier molecular flexibility index (Phi) is 4.90. The van der Waals surface area contributed by atoms with Gasteiger partial charge in [-0.25, -0.2) is 4.79 Å². The number of nitrogens with one attached hydrogen (secondary N) is 1. The Balaban J connectivity index is 1.96. The smallest absolute Gasteiger partial charge is 0.411 e. The summed E-state index contributed by atoms with van der Waals surface area (Å²) in [5.41, 5.74) is 1.42. The van der Waals surface area contributed by atoms with E-state index >= 15 is 0 Å². The van der Waals surface area contributed by atoms with E-state index in [9.17, 15) is 9.00 Å². The van der Waals surface area contributed by atoms with Gasteiger partial charge >= 0.3 is 6.09 Å². The predicted molar refractivity (Wildman–Crippen MR) is 79.0 cm³/mol. The number of hydrogen-bond acceptors (Lipinski definition) is 3. The van der Waals surface area contributed by atoms with E-state index < -0.39 is 16.9 Å². The molecule has 2 aromatic carbocycles. The molecule has 0 unspecified atom stereocenters. The highest BCUT2D eigenvalue weighted by Gasteiger charge is 2.08. The Morgan fingerprint density at radius 1 is 1.10 bits per heavy atom. The number of para-hydroxylation sites is 1. The van der Waals surface area contributed by atoms with Crippen LogP contribution in [0.25, 0.3) is 0 Å². The van der Waals surface area contributed by atoms with E-state index in [0.717, 1.165) is 5.56 Å². The topological polar surface area (TPSA) is 55.4 Å². The monoisotopic (exact) mass is 289 g/mol. The van der Waals surface area contributed by atoms with E-state index in [2.05, 4.69) is 5.32 Å². The second-order valence-electron chi connectivity index (χ2n) is 4.13. The molecule has 0 radical (unpaired) electrons. The molecule has 20 heavy (non-hydrogen) atoms. The van der Waals surface area contributed by atoms with E-state index in [-0.39, 0.29) is 6.61 Å². The molecule has 1 amide bonds. The zero-order valence-corrected chi connectivity index (χ0v) is 11.9. The Morgan fingerprint density at radius 3 is 2.45 bits per heavy atom. The quantitative estimate of drug-likeness (QED) is 0.940. The maximum Gasteiger partial charge on any atom is 0.411 e. The number of amides is 1. The molecule has 2 aromatic rings. The third-order valence-corrected chi connectivity index (χ3v) is 3.68. The molecule has 2 rings (SSSR count). The van der Waals surface area contributed by atoms with E-state index in [1.54, 1.807) is 30.5 Å². The number of anilines is 1. The van der Waals surface area contributed by atoms with Gasteiger partial charge in [0.15, 0.2) is 0 Å². The van der Waals surface area contributed by atoms with Crippen molar-refractivity contribution in [1.29, 1.82) is 0 Å². The van der Waals surface area contributed by atoms with Crippen LogP contribution in [0.3, 0.4) is 0 Å². The van der Waals surface area contributed by atoms with Gasteiger partial charge in [0.1, 0.15) is 6.61 Å². The first kappa shape index (κ1) is 14.3. The van der Waals surface area contributed by atoms with Crippen LogP contribution < -0.4 is 5.32 Å². The van der Waals surface area contributed by atoms with Crippen molar-refractivity contribution in [3.05, 3.63) is 60.2 Å². The number of hydrogen-bond donors (Lipinski definition) is 1. The third-order valence-electron chi connectivity index (χ3n) is 2.66. The van der Waals surface area contributed by atoms with Crippen molar-refractivity contribution < 1.29 is 13.7 Å². The van der Waals surface area contributed by atoms with Gasteiger partial charge in [0.05, 0.1) is 10.8 Å². The molecule has 0 saturated carbocycles. The number of benzene rings is 2. The van der Waals surface area contributed by atoms with Gasteiger partial charge < -0.3 is 4.74 Å². The highest BCUT2D eigenvalue weighted by Crippen LogP contribution is 2.14. The minimum atomic E-state index is -1.10. The molecule has 4 nitrogen and oxygen atoms in total. The zero-order valence-electron chi connectivity index (χ0n) is 11.0. The van der Waals surface area contributed by atoms with Gasteiger partial charge in [-0.3, -0.25) is 9.53 Å². The molecule has 0 saturated heterocycles. The lowest BCUT2D eigenvalue weighted by atomic mass is 10.2. The summed E-state index contributed by atoms with van der Waals surface area (Å²) in [4.78, 5) is 12.3. The summed E-state index contributed by atoms with van der Waals surface area (Å²) >= 11 is 0. The average molecular weight is 289 g/mol. The number of ether oxygens (including phenoxy) is 1. The maximum atomic E-state index is 11.7. The van der Waals surface area contributed by atoms with Crippen molar-refractivity contribution in [2.45, 2.75) is 11.5 Å². The first-order chi connectivity index (χ1) is 9.66. The maximum absolute atomic E-state index is 11.7. The van der Waals surface area contributed by atoms with Crippen LogP contribution in [-0.4, -0.2) is 16.6 Å². The van der Waals surface area contributed by atoms with Gasteiger partial charge in [0.2, 0.25) is 0 Å². The lowest BCUT2D eigenvalue weighted by molar-refractivity contribution is 0.154. The summed E-state index contributed by atoms with van der Waals surface area (Å²) in [5.74, 6) is 0. The Hall–Kier alpha value is -2.14. The van der Waals surface area contributed by atoms with Crippen LogP contribution in [0.15, 0.2) is 59.5 Å². The Bertz CT molecular complexity index is 614. The fourth-order valence-corrected chi connectivity index (χ4v) is 2.49. The van der Waals surface area contributed by atoms with E-state index in [1.807, 2.05) is 30.3 Å². The lowest BCUT2D eigenvalue weighted by Crippen LogP contribution is -2.14. The number of rotatable bonds is 4. The molecule has 0 aliphatic carbocycles. The fraction of sp³-hybridized carbons (Fsp3) is 0.133. The van der Waals surface area contributed by atoms with Crippen LogP contribution >= 0.6 is 0 Å².